The second-order valence-corrected chi connectivity index (χ2v) is 8.67. The zero-order valence-electron chi connectivity index (χ0n) is 15.9. The third-order valence-electron chi connectivity index (χ3n) is 4.66. The zero-order chi connectivity index (χ0) is 18.1. The van der Waals surface area contributed by atoms with Gasteiger partial charge < -0.3 is 15.4 Å². The maximum absolute atomic E-state index is 11.9. The highest BCUT2D eigenvalue weighted by Gasteiger charge is 2.26. The summed E-state index contributed by atoms with van der Waals surface area (Å²) in [7, 11) is -3.07. The minimum absolute atomic E-state index is 0. The summed E-state index contributed by atoms with van der Waals surface area (Å²) >= 11 is 0. The van der Waals surface area contributed by atoms with Crippen molar-refractivity contribution >= 4 is 40.0 Å². The van der Waals surface area contributed by atoms with Gasteiger partial charge in [-0.3, -0.25) is 4.99 Å². The van der Waals surface area contributed by atoms with Crippen LogP contribution in [0, 0.1) is 0 Å². The van der Waals surface area contributed by atoms with Crippen LogP contribution in [0.2, 0.25) is 0 Å². The van der Waals surface area contributed by atoms with E-state index in [2.05, 4.69) is 28.6 Å². The second-order valence-electron chi connectivity index (χ2n) is 6.42. The van der Waals surface area contributed by atoms with Crippen LogP contribution in [0.1, 0.15) is 39.5 Å². The number of rotatable bonds is 7. The quantitative estimate of drug-likeness (QED) is 0.241. The Morgan fingerprint density at radius 2 is 2.08 bits per heavy atom. The highest BCUT2D eigenvalue weighted by atomic mass is 127. The molecular formula is C17H33IN4O3S. The van der Waals surface area contributed by atoms with Crippen molar-refractivity contribution in [3.05, 3.63) is 11.6 Å². The number of ether oxygens (including phenoxy) is 1. The monoisotopic (exact) mass is 500 g/mol. The van der Waals surface area contributed by atoms with Crippen LogP contribution in [-0.4, -0.2) is 69.9 Å². The first-order chi connectivity index (χ1) is 12.0. The maximum Gasteiger partial charge on any atom is 0.213 e. The Morgan fingerprint density at radius 1 is 1.35 bits per heavy atom. The Balaban J connectivity index is 0.00000338. The molecule has 0 saturated carbocycles. The van der Waals surface area contributed by atoms with E-state index in [1.165, 1.54) is 5.57 Å². The first kappa shape index (κ1) is 23.6. The Hall–Kier alpha value is -0.390. The van der Waals surface area contributed by atoms with Crippen LogP contribution in [0.4, 0.5) is 0 Å². The summed E-state index contributed by atoms with van der Waals surface area (Å²) in [4.78, 5) is 4.67. The van der Waals surface area contributed by atoms with Gasteiger partial charge in [0.2, 0.25) is 10.0 Å². The summed E-state index contributed by atoms with van der Waals surface area (Å²) in [6.07, 6.45) is 5.75. The molecule has 0 aromatic rings. The number of piperidine rings is 1. The van der Waals surface area contributed by atoms with Crippen LogP contribution in [0.25, 0.3) is 0 Å². The molecule has 2 N–H and O–H groups in total. The van der Waals surface area contributed by atoms with Crippen LogP contribution >= 0.6 is 24.0 Å². The highest BCUT2D eigenvalue weighted by Crippen LogP contribution is 2.15. The van der Waals surface area contributed by atoms with Crippen molar-refractivity contribution < 1.29 is 13.2 Å². The summed E-state index contributed by atoms with van der Waals surface area (Å²) in [5.41, 5.74) is 1.42. The lowest BCUT2D eigenvalue weighted by Gasteiger charge is -2.32. The normalized spacial score (nSPS) is 20.2. The maximum atomic E-state index is 11.9. The molecule has 0 aliphatic carbocycles. The fourth-order valence-electron chi connectivity index (χ4n) is 3.08. The highest BCUT2D eigenvalue weighted by molar-refractivity contribution is 14.0. The molecule has 2 rings (SSSR count). The number of hydrogen-bond acceptors (Lipinski definition) is 4. The van der Waals surface area contributed by atoms with Gasteiger partial charge in [-0.2, -0.15) is 0 Å². The van der Waals surface area contributed by atoms with Crippen molar-refractivity contribution in [1.82, 2.24) is 14.9 Å². The molecule has 0 bridgehead atoms. The van der Waals surface area contributed by atoms with E-state index in [1.807, 2.05) is 0 Å². The number of aliphatic imine (C=N–C) groups is 1. The van der Waals surface area contributed by atoms with Crippen molar-refractivity contribution in [1.29, 1.82) is 0 Å². The van der Waals surface area contributed by atoms with Crippen molar-refractivity contribution in [2.75, 3.05) is 45.1 Å². The Morgan fingerprint density at radius 3 is 2.65 bits per heavy atom. The van der Waals surface area contributed by atoms with E-state index in [1.54, 1.807) is 11.2 Å². The first-order valence-electron chi connectivity index (χ1n) is 9.33. The largest absolute Gasteiger partial charge is 0.377 e. The van der Waals surface area contributed by atoms with Crippen molar-refractivity contribution in [3.8, 4) is 0 Å². The predicted octanol–water partition coefficient (Wildman–Crippen LogP) is 1.71. The van der Waals surface area contributed by atoms with E-state index in [4.69, 9.17) is 4.74 Å². The molecule has 9 heteroatoms. The molecule has 26 heavy (non-hydrogen) atoms. The predicted molar refractivity (Wildman–Crippen MR) is 117 cm³/mol. The van der Waals surface area contributed by atoms with Gasteiger partial charge in [-0.1, -0.05) is 11.6 Å². The van der Waals surface area contributed by atoms with E-state index in [-0.39, 0.29) is 35.8 Å². The summed E-state index contributed by atoms with van der Waals surface area (Å²) in [6.45, 7) is 8.01. The molecule has 1 saturated heterocycles. The van der Waals surface area contributed by atoms with Gasteiger partial charge in [-0.25, -0.2) is 12.7 Å². The lowest BCUT2D eigenvalue weighted by molar-refractivity contribution is 0.153. The van der Waals surface area contributed by atoms with Gasteiger partial charge in [-0.05, 0) is 39.5 Å². The number of nitrogens with zero attached hydrogens (tertiary/aromatic N) is 2. The van der Waals surface area contributed by atoms with E-state index >= 15 is 0 Å². The topological polar surface area (TPSA) is 83.0 Å². The zero-order valence-corrected chi connectivity index (χ0v) is 19.0. The average molecular weight is 500 g/mol. The number of hydrogen-bond donors (Lipinski definition) is 2. The number of nitrogens with one attached hydrogen (secondary N) is 2. The van der Waals surface area contributed by atoms with E-state index in [0.29, 0.717) is 13.1 Å². The Kier molecular flexibility index (Phi) is 11.0. The second kappa shape index (κ2) is 12.1. The number of halogens is 1. The minimum atomic E-state index is -3.07. The van der Waals surface area contributed by atoms with E-state index in [9.17, 15) is 8.42 Å². The fourth-order valence-corrected chi connectivity index (χ4v) is 4.21. The van der Waals surface area contributed by atoms with Gasteiger partial charge in [-0.15, -0.1) is 24.0 Å². The van der Waals surface area contributed by atoms with Gasteiger partial charge in [0.25, 0.3) is 0 Å². The van der Waals surface area contributed by atoms with Crippen molar-refractivity contribution in [3.63, 3.8) is 0 Å². The van der Waals surface area contributed by atoms with Crippen LogP contribution < -0.4 is 10.6 Å². The third kappa shape index (κ3) is 7.69. The van der Waals surface area contributed by atoms with Crippen molar-refractivity contribution in [2.45, 2.75) is 45.6 Å². The first-order valence-corrected chi connectivity index (χ1v) is 10.9. The SMILES string of the molecule is CCNC(=NCCC1=CCOCC1)NC1CCN(S(=O)(=O)CC)CC1.I. The molecule has 2 aliphatic heterocycles. The molecule has 0 unspecified atom stereocenters. The molecular weight excluding hydrogens is 467 g/mol. The standard InChI is InChI=1S/C17H32N4O3S.HI/c1-3-18-17(19-10-5-15-8-13-24-14-9-15)20-16-6-11-21(12-7-16)25(22,23)4-2;/h8,16H,3-7,9-14H2,1-2H3,(H2,18,19,20);1H. The lowest BCUT2D eigenvalue weighted by atomic mass is 10.1. The Labute approximate surface area is 175 Å². The average Bonchev–Trinajstić information content (AvgIpc) is 2.63. The molecule has 0 amide bonds. The number of guanidine groups is 1. The molecule has 2 aliphatic rings. The molecule has 7 nitrogen and oxygen atoms in total. The van der Waals surface area contributed by atoms with Gasteiger partial charge in [0.15, 0.2) is 5.96 Å². The number of sulfonamides is 1. The van der Waals surface area contributed by atoms with Crippen LogP contribution in [0.15, 0.2) is 16.6 Å². The van der Waals surface area contributed by atoms with Crippen LogP contribution in [0.3, 0.4) is 0 Å². The molecule has 0 aromatic carbocycles. The molecule has 0 spiro atoms. The van der Waals surface area contributed by atoms with Gasteiger partial charge in [0.1, 0.15) is 0 Å². The van der Waals surface area contributed by atoms with Gasteiger partial charge in [0, 0.05) is 32.2 Å². The summed E-state index contributed by atoms with van der Waals surface area (Å²) in [6, 6.07) is 0.267. The van der Waals surface area contributed by atoms with Crippen molar-refractivity contribution in [2.24, 2.45) is 4.99 Å². The smallest absolute Gasteiger partial charge is 0.213 e. The van der Waals surface area contributed by atoms with Crippen LogP contribution in [0.5, 0.6) is 0 Å². The molecule has 152 valence electrons. The molecule has 0 radical (unpaired) electrons. The van der Waals surface area contributed by atoms with Crippen LogP contribution in [-0.2, 0) is 14.8 Å². The summed E-state index contributed by atoms with van der Waals surface area (Å²) in [5.74, 6) is 1.00. The van der Waals surface area contributed by atoms with E-state index in [0.717, 1.165) is 57.9 Å². The summed E-state index contributed by atoms with van der Waals surface area (Å²) < 4.78 is 30.8. The van der Waals surface area contributed by atoms with E-state index < -0.39 is 10.0 Å². The Bertz CT molecular complexity index is 573. The molecule has 1 fully saturated rings. The summed E-state index contributed by atoms with van der Waals surface area (Å²) in [5, 5.41) is 6.74. The third-order valence-corrected chi connectivity index (χ3v) is 6.54. The molecule has 2 heterocycles. The van der Waals surface area contributed by atoms with Gasteiger partial charge in [0.05, 0.1) is 19.0 Å². The molecule has 0 aromatic heterocycles. The lowest BCUT2D eigenvalue weighted by Crippen LogP contribution is -2.50. The fraction of sp³-hybridized carbons (Fsp3) is 0.824. The minimum Gasteiger partial charge on any atom is -0.377 e. The molecule has 0 atom stereocenters. The van der Waals surface area contributed by atoms with Gasteiger partial charge >= 0.3 is 0 Å².